The first-order valence-corrected chi connectivity index (χ1v) is 12.1. The fourth-order valence-corrected chi connectivity index (χ4v) is 5.38. The van der Waals surface area contributed by atoms with Crippen LogP contribution in [0, 0.1) is 17.2 Å². The van der Waals surface area contributed by atoms with Crippen molar-refractivity contribution in [2.45, 2.75) is 12.5 Å². The van der Waals surface area contributed by atoms with Gasteiger partial charge < -0.3 is 9.88 Å². The number of rotatable bonds is 5. The minimum atomic E-state index is -3.93. The Kier molecular flexibility index (Phi) is 6.45. The molecular weight excluding hydrogens is 489 g/mol. The molecule has 33 heavy (non-hydrogen) atoms. The Morgan fingerprint density at radius 3 is 2.79 bits per heavy atom. The zero-order valence-electron chi connectivity index (χ0n) is 17.4. The summed E-state index contributed by atoms with van der Waals surface area (Å²) in [6, 6.07) is 6.66. The summed E-state index contributed by atoms with van der Waals surface area (Å²) in [4.78, 5) is 20.7. The van der Waals surface area contributed by atoms with Gasteiger partial charge in [0, 0.05) is 49.5 Å². The second-order valence-electron chi connectivity index (χ2n) is 7.54. The number of benzene rings is 1. The summed E-state index contributed by atoms with van der Waals surface area (Å²) in [5.74, 6) is -1.05. The van der Waals surface area contributed by atoms with Gasteiger partial charge in [0.05, 0.1) is 28.2 Å². The van der Waals surface area contributed by atoms with E-state index in [2.05, 4.69) is 26.1 Å². The van der Waals surface area contributed by atoms with Gasteiger partial charge in [-0.25, -0.2) is 4.98 Å². The zero-order chi connectivity index (χ0) is 23.8. The number of aromatic nitrogens is 3. The minimum Gasteiger partial charge on any atom is -0.347 e. The fraction of sp³-hybridized carbons (Fsp3) is 0.300. The maximum atomic E-state index is 13.0. The van der Waals surface area contributed by atoms with Gasteiger partial charge in [-0.2, -0.15) is 18.0 Å². The molecule has 2 N–H and O–H groups in total. The van der Waals surface area contributed by atoms with Gasteiger partial charge >= 0.3 is 10.2 Å². The largest absolute Gasteiger partial charge is 0.347 e. The van der Waals surface area contributed by atoms with Crippen molar-refractivity contribution in [2.75, 3.05) is 17.8 Å². The summed E-state index contributed by atoms with van der Waals surface area (Å²) in [6.45, 7) is 0.0445. The average molecular weight is 508 g/mol. The molecule has 3 aromatic rings. The molecule has 1 aromatic carbocycles. The van der Waals surface area contributed by atoms with Crippen LogP contribution in [-0.2, 0) is 17.3 Å². The topological polar surface area (TPSA) is 133 Å². The number of fused-ring (bicyclic) bond motifs is 1. The van der Waals surface area contributed by atoms with E-state index in [9.17, 15) is 18.5 Å². The van der Waals surface area contributed by atoms with E-state index in [0.29, 0.717) is 21.1 Å². The second kappa shape index (κ2) is 9.15. The van der Waals surface area contributed by atoms with Gasteiger partial charge in [-0.05, 0) is 24.6 Å². The van der Waals surface area contributed by atoms with Gasteiger partial charge in [-0.15, -0.1) is 0 Å². The lowest BCUT2D eigenvalue weighted by Crippen LogP contribution is -2.53. The zero-order valence-corrected chi connectivity index (χ0v) is 19.7. The number of nitriles is 1. The molecule has 0 spiro atoms. The van der Waals surface area contributed by atoms with E-state index < -0.39 is 22.2 Å². The molecule has 1 fully saturated rings. The summed E-state index contributed by atoms with van der Waals surface area (Å²) < 4.78 is 30.6. The van der Waals surface area contributed by atoms with Crippen LogP contribution in [0.25, 0.3) is 10.9 Å². The fourth-order valence-electron chi connectivity index (χ4n) is 3.80. The molecule has 2 aromatic heterocycles. The predicted octanol–water partition coefficient (Wildman–Crippen LogP) is 2.58. The predicted molar refractivity (Wildman–Crippen MR) is 124 cm³/mol. The highest BCUT2D eigenvalue weighted by Gasteiger charge is 2.36. The summed E-state index contributed by atoms with van der Waals surface area (Å²) >= 11 is 12.4. The maximum Gasteiger partial charge on any atom is 0.302 e. The maximum absolute atomic E-state index is 13.0. The number of nitrogens with one attached hydrogen (secondary N) is 2. The Labute approximate surface area is 200 Å². The second-order valence-corrected chi connectivity index (χ2v) is 10.00. The summed E-state index contributed by atoms with van der Waals surface area (Å²) in [7, 11) is -2.20. The number of amides is 1. The number of anilines is 1. The van der Waals surface area contributed by atoms with Crippen LogP contribution in [0.5, 0.6) is 0 Å². The van der Waals surface area contributed by atoms with Crippen LogP contribution >= 0.6 is 23.2 Å². The highest BCUT2D eigenvalue weighted by Crippen LogP contribution is 2.32. The van der Waals surface area contributed by atoms with Crippen LogP contribution in [0.15, 0.2) is 36.8 Å². The van der Waals surface area contributed by atoms with Crippen molar-refractivity contribution < 1.29 is 13.2 Å². The lowest BCUT2D eigenvalue weighted by atomic mass is 9.94. The molecule has 1 aliphatic heterocycles. The van der Waals surface area contributed by atoms with E-state index in [-0.39, 0.29) is 31.2 Å². The Hall–Kier alpha value is -2.91. The van der Waals surface area contributed by atoms with Crippen molar-refractivity contribution in [3.05, 3.63) is 52.5 Å². The van der Waals surface area contributed by atoms with Gasteiger partial charge in [0.25, 0.3) is 5.91 Å². The number of halogens is 2. The minimum absolute atomic E-state index is 0.0758. The van der Waals surface area contributed by atoms with Crippen molar-refractivity contribution in [3.63, 3.8) is 0 Å². The molecule has 1 aliphatic rings. The smallest absolute Gasteiger partial charge is 0.302 e. The molecule has 0 unspecified atom stereocenters. The van der Waals surface area contributed by atoms with Crippen LogP contribution in [0.3, 0.4) is 0 Å². The van der Waals surface area contributed by atoms with Crippen molar-refractivity contribution in [1.82, 2.24) is 24.2 Å². The van der Waals surface area contributed by atoms with E-state index in [1.54, 1.807) is 29.8 Å². The van der Waals surface area contributed by atoms with Gasteiger partial charge in [-0.1, -0.05) is 23.2 Å². The van der Waals surface area contributed by atoms with Gasteiger partial charge in [0.2, 0.25) is 0 Å². The van der Waals surface area contributed by atoms with Crippen molar-refractivity contribution in [2.24, 2.45) is 13.0 Å². The summed E-state index contributed by atoms with van der Waals surface area (Å²) in [6.07, 6.45) is 4.35. The molecular formula is C20H19Cl2N7O3S. The number of nitrogens with zero attached hydrogens (tertiary/aromatic N) is 5. The summed E-state index contributed by atoms with van der Waals surface area (Å²) in [5, 5.41) is 13.9. The third-order valence-corrected chi connectivity index (χ3v) is 7.84. The van der Waals surface area contributed by atoms with Crippen molar-refractivity contribution in [1.29, 1.82) is 5.26 Å². The Morgan fingerprint density at radius 2 is 2.09 bits per heavy atom. The molecule has 4 rings (SSSR count). The first kappa shape index (κ1) is 23.3. The van der Waals surface area contributed by atoms with Crippen molar-refractivity contribution >= 4 is 56.0 Å². The van der Waals surface area contributed by atoms with Gasteiger partial charge in [0.1, 0.15) is 5.69 Å². The van der Waals surface area contributed by atoms with Gasteiger partial charge in [-0.3, -0.25) is 14.5 Å². The monoisotopic (exact) mass is 507 g/mol. The normalized spacial score (nSPS) is 19.2. The number of piperidine rings is 1. The molecule has 13 heteroatoms. The Bertz CT molecular complexity index is 1360. The number of hydrogen-bond donors (Lipinski definition) is 2. The van der Waals surface area contributed by atoms with Crippen LogP contribution in [0.1, 0.15) is 16.9 Å². The van der Waals surface area contributed by atoms with Crippen LogP contribution < -0.4 is 10.0 Å². The molecule has 1 amide bonds. The number of carbonyl (C=O) groups excluding carboxylic acids is 1. The highest BCUT2D eigenvalue weighted by molar-refractivity contribution is 7.90. The molecule has 0 saturated carbocycles. The molecule has 0 bridgehead atoms. The van der Waals surface area contributed by atoms with E-state index >= 15 is 0 Å². The van der Waals surface area contributed by atoms with Crippen LogP contribution in [-0.4, -0.2) is 52.3 Å². The lowest BCUT2D eigenvalue weighted by Gasteiger charge is -2.34. The molecule has 2 atom stereocenters. The quantitative estimate of drug-likeness (QED) is 0.545. The molecule has 172 valence electrons. The first-order valence-electron chi connectivity index (χ1n) is 9.89. The van der Waals surface area contributed by atoms with Crippen molar-refractivity contribution in [3.8, 4) is 6.07 Å². The van der Waals surface area contributed by atoms with Crippen LogP contribution in [0.4, 0.5) is 5.82 Å². The lowest BCUT2D eigenvalue weighted by molar-refractivity contribution is 0.0903. The SMILES string of the molecule is Cn1c(C(=O)N[C@@H]2CCN(S(=O)(=O)Nc3cnccn3)C[C@H]2C#N)cc2c(Cl)c(Cl)ccc21. The Morgan fingerprint density at radius 1 is 1.30 bits per heavy atom. The number of hydrogen-bond acceptors (Lipinski definition) is 6. The average Bonchev–Trinajstić information content (AvgIpc) is 3.14. The standard InChI is InChI=1S/C20H19Cl2N7O3S/c1-28-16-3-2-14(21)19(22)13(16)8-17(28)20(30)26-15-4-7-29(11-12(15)9-23)33(31,32)27-18-10-24-5-6-25-18/h2-3,5-6,8,10,12,15H,4,7,11H2,1H3,(H,25,27)(H,26,30)/t12-,15-/m1/s1. The summed E-state index contributed by atoms with van der Waals surface area (Å²) in [5.41, 5.74) is 1.09. The highest BCUT2D eigenvalue weighted by atomic mass is 35.5. The van der Waals surface area contributed by atoms with E-state index in [4.69, 9.17) is 23.2 Å². The van der Waals surface area contributed by atoms with Gasteiger partial charge in [0.15, 0.2) is 5.82 Å². The third-order valence-electron chi connectivity index (χ3n) is 5.54. The first-order chi connectivity index (χ1) is 15.7. The molecule has 10 nitrogen and oxygen atoms in total. The molecule has 3 heterocycles. The third kappa shape index (κ3) is 4.60. The molecule has 0 aliphatic carbocycles. The number of carbonyl (C=O) groups is 1. The van der Waals surface area contributed by atoms with Crippen LogP contribution in [0.2, 0.25) is 10.0 Å². The number of aryl methyl sites for hydroxylation is 1. The Balaban J connectivity index is 1.48. The van der Waals surface area contributed by atoms with E-state index in [1.165, 1.54) is 18.6 Å². The van der Waals surface area contributed by atoms with E-state index in [0.717, 1.165) is 9.82 Å². The van der Waals surface area contributed by atoms with E-state index in [1.807, 2.05) is 0 Å². The molecule has 1 saturated heterocycles. The molecule has 0 radical (unpaired) electrons.